The van der Waals surface area contributed by atoms with Crippen molar-refractivity contribution in [3.63, 3.8) is 0 Å². The van der Waals surface area contributed by atoms with Gasteiger partial charge in [0, 0.05) is 19.6 Å². The van der Waals surface area contributed by atoms with Crippen molar-refractivity contribution in [2.45, 2.75) is 44.6 Å². The van der Waals surface area contributed by atoms with Crippen molar-refractivity contribution < 1.29 is 19.4 Å². The molecule has 0 saturated carbocycles. The van der Waals surface area contributed by atoms with Crippen molar-refractivity contribution >= 4 is 12.0 Å². The predicted octanol–water partition coefficient (Wildman–Crippen LogP) is -0.596. The van der Waals surface area contributed by atoms with Gasteiger partial charge in [0.05, 0.1) is 11.0 Å². The van der Waals surface area contributed by atoms with E-state index < -0.39 is 28.9 Å². The van der Waals surface area contributed by atoms with Crippen molar-refractivity contribution in [3.8, 4) is 0 Å². The van der Waals surface area contributed by atoms with Gasteiger partial charge < -0.3 is 15.2 Å². The van der Waals surface area contributed by atoms with Crippen LogP contribution in [0.3, 0.4) is 0 Å². The number of likely N-dealkylation sites (tertiary alicyclic amines) is 1. The number of amides is 2. The van der Waals surface area contributed by atoms with Crippen molar-refractivity contribution in [2.24, 2.45) is 5.41 Å². The summed E-state index contributed by atoms with van der Waals surface area (Å²) in [7, 11) is 0. The van der Waals surface area contributed by atoms with Gasteiger partial charge in [-0.2, -0.15) is 0 Å². The second kappa shape index (κ2) is 3.85. The normalized spacial score (nSPS) is 39.5. The highest BCUT2D eigenvalue weighted by Crippen LogP contribution is 2.49. The molecule has 7 heteroatoms. The minimum Gasteiger partial charge on any atom is -0.444 e. The molecule has 2 spiro atoms. The van der Waals surface area contributed by atoms with E-state index in [2.05, 4.69) is 10.6 Å². The summed E-state index contributed by atoms with van der Waals surface area (Å²) >= 11 is 0. The van der Waals surface area contributed by atoms with E-state index in [0.29, 0.717) is 26.1 Å². The fourth-order valence-electron chi connectivity index (χ4n) is 3.27. The molecule has 3 fully saturated rings. The van der Waals surface area contributed by atoms with Crippen LogP contribution >= 0.6 is 0 Å². The second-order valence-corrected chi connectivity index (χ2v) is 7.09. The highest BCUT2D eigenvalue weighted by atomic mass is 16.6. The van der Waals surface area contributed by atoms with Gasteiger partial charge in [-0.05, 0) is 27.2 Å². The summed E-state index contributed by atoms with van der Waals surface area (Å²) in [5.41, 5.74) is -1.86. The van der Waals surface area contributed by atoms with Gasteiger partial charge >= 0.3 is 6.09 Å². The fraction of sp³-hybridized carbons (Fsp3) is 0.846. The van der Waals surface area contributed by atoms with Crippen LogP contribution in [0.15, 0.2) is 0 Å². The molecule has 0 radical (unpaired) electrons. The first-order valence-corrected chi connectivity index (χ1v) is 6.89. The van der Waals surface area contributed by atoms with Crippen LogP contribution in [0.4, 0.5) is 4.79 Å². The van der Waals surface area contributed by atoms with E-state index in [4.69, 9.17) is 4.74 Å². The standard InChI is InChI=1S/C13H21N3O4/c1-11(2,3)20-10(19)16-7-12(5-14-8(12)17)4-13(16)6-15-9(13)18/h9,15,18H,4-7H2,1-3H3,(H,14,17). The Morgan fingerprint density at radius 3 is 2.50 bits per heavy atom. The topological polar surface area (TPSA) is 90.9 Å². The Hall–Kier alpha value is -1.34. The summed E-state index contributed by atoms with van der Waals surface area (Å²) in [5.74, 6) is -0.0398. The molecule has 3 aliphatic heterocycles. The maximum atomic E-state index is 12.4. The van der Waals surface area contributed by atoms with Crippen LogP contribution < -0.4 is 10.6 Å². The molecule has 7 nitrogen and oxygen atoms in total. The number of carbonyl (C=O) groups excluding carboxylic acids is 2. The molecule has 3 unspecified atom stereocenters. The van der Waals surface area contributed by atoms with Crippen molar-refractivity contribution in [3.05, 3.63) is 0 Å². The first-order chi connectivity index (χ1) is 9.19. The molecule has 3 atom stereocenters. The van der Waals surface area contributed by atoms with Crippen LogP contribution in [-0.2, 0) is 9.53 Å². The van der Waals surface area contributed by atoms with E-state index in [1.165, 1.54) is 4.90 Å². The Kier molecular flexibility index (Phi) is 2.63. The second-order valence-electron chi connectivity index (χ2n) is 7.09. The zero-order valence-electron chi connectivity index (χ0n) is 12.0. The average molecular weight is 283 g/mol. The molecule has 3 rings (SSSR count). The molecular weight excluding hydrogens is 262 g/mol. The third kappa shape index (κ3) is 1.73. The van der Waals surface area contributed by atoms with Gasteiger partial charge in [0.2, 0.25) is 5.91 Å². The van der Waals surface area contributed by atoms with Gasteiger partial charge in [-0.25, -0.2) is 4.79 Å². The molecule has 0 bridgehead atoms. The Balaban J connectivity index is 1.85. The van der Waals surface area contributed by atoms with Crippen LogP contribution in [0.25, 0.3) is 0 Å². The third-order valence-corrected chi connectivity index (χ3v) is 4.44. The number of β-lactam (4-membered cyclic amide) rings is 1. The summed E-state index contributed by atoms with van der Waals surface area (Å²) < 4.78 is 5.41. The zero-order valence-corrected chi connectivity index (χ0v) is 12.0. The van der Waals surface area contributed by atoms with E-state index in [1.807, 2.05) is 0 Å². The third-order valence-electron chi connectivity index (χ3n) is 4.44. The lowest BCUT2D eigenvalue weighted by Crippen LogP contribution is -2.74. The van der Waals surface area contributed by atoms with E-state index in [1.54, 1.807) is 20.8 Å². The van der Waals surface area contributed by atoms with E-state index in [0.717, 1.165) is 0 Å². The molecule has 2 amide bonds. The number of nitrogens with zero attached hydrogens (tertiary/aromatic N) is 1. The molecule has 0 aromatic rings. The minimum absolute atomic E-state index is 0.0398. The SMILES string of the molecule is CC(C)(C)OC(=O)N1CC2(CNC2=O)CC12CNC2O. The molecule has 0 aromatic carbocycles. The lowest BCUT2D eigenvalue weighted by molar-refractivity contribution is -0.139. The first kappa shape index (κ1) is 13.6. The molecule has 20 heavy (non-hydrogen) atoms. The highest BCUT2D eigenvalue weighted by Gasteiger charge is 2.67. The average Bonchev–Trinajstić information content (AvgIpc) is 2.74. The maximum absolute atomic E-state index is 12.4. The monoisotopic (exact) mass is 283 g/mol. The van der Waals surface area contributed by atoms with Gasteiger partial charge in [-0.3, -0.25) is 15.0 Å². The number of rotatable bonds is 0. The minimum atomic E-state index is -0.803. The van der Waals surface area contributed by atoms with Crippen molar-refractivity contribution in [1.29, 1.82) is 0 Å². The molecule has 3 saturated heterocycles. The van der Waals surface area contributed by atoms with Gasteiger partial charge in [0.25, 0.3) is 0 Å². The summed E-state index contributed by atoms with van der Waals surface area (Å²) in [6.07, 6.45) is -0.781. The van der Waals surface area contributed by atoms with Crippen molar-refractivity contribution in [2.75, 3.05) is 19.6 Å². The number of aliphatic hydroxyl groups is 1. The number of hydrogen-bond donors (Lipinski definition) is 3. The summed E-state index contributed by atoms with van der Waals surface area (Å²) in [4.78, 5) is 25.8. The van der Waals surface area contributed by atoms with Gasteiger partial charge in [0.1, 0.15) is 11.8 Å². The summed E-state index contributed by atoms with van der Waals surface area (Å²) in [6.45, 7) is 6.76. The lowest BCUT2D eigenvalue weighted by atomic mass is 9.72. The van der Waals surface area contributed by atoms with Crippen LogP contribution in [0.5, 0.6) is 0 Å². The quantitative estimate of drug-likeness (QED) is 0.517. The van der Waals surface area contributed by atoms with Gasteiger partial charge in [-0.15, -0.1) is 0 Å². The van der Waals surface area contributed by atoms with Crippen LogP contribution in [-0.4, -0.2) is 59.0 Å². The Morgan fingerprint density at radius 2 is 2.15 bits per heavy atom. The van der Waals surface area contributed by atoms with E-state index in [-0.39, 0.29) is 5.91 Å². The number of ether oxygens (including phenoxy) is 1. The van der Waals surface area contributed by atoms with E-state index >= 15 is 0 Å². The predicted molar refractivity (Wildman–Crippen MR) is 69.7 cm³/mol. The Labute approximate surface area is 117 Å². The summed E-state index contributed by atoms with van der Waals surface area (Å²) in [6, 6.07) is 0. The first-order valence-electron chi connectivity index (χ1n) is 6.89. The summed E-state index contributed by atoms with van der Waals surface area (Å²) in [5, 5.41) is 15.7. The largest absolute Gasteiger partial charge is 0.444 e. The molecule has 3 aliphatic rings. The Morgan fingerprint density at radius 1 is 1.45 bits per heavy atom. The maximum Gasteiger partial charge on any atom is 0.410 e. The molecule has 112 valence electrons. The number of nitrogens with one attached hydrogen (secondary N) is 2. The molecule has 0 aliphatic carbocycles. The van der Waals surface area contributed by atoms with E-state index in [9.17, 15) is 14.7 Å². The fourth-order valence-corrected chi connectivity index (χ4v) is 3.27. The number of carbonyl (C=O) groups is 2. The van der Waals surface area contributed by atoms with Gasteiger partial charge in [0.15, 0.2) is 0 Å². The Bertz CT molecular complexity index is 475. The zero-order chi connectivity index (χ0) is 14.8. The van der Waals surface area contributed by atoms with Gasteiger partial charge in [-0.1, -0.05) is 0 Å². The number of hydrogen-bond acceptors (Lipinski definition) is 5. The molecule has 0 aromatic heterocycles. The highest BCUT2D eigenvalue weighted by molar-refractivity contribution is 5.90. The van der Waals surface area contributed by atoms with Crippen molar-refractivity contribution in [1.82, 2.24) is 15.5 Å². The number of aliphatic hydroxyl groups excluding tert-OH is 1. The van der Waals surface area contributed by atoms with Crippen LogP contribution in [0, 0.1) is 5.41 Å². The van der Waals surface area contributed by atoms with Crippen LogP contribution in [0.1, 0.15) is 27.2 Å². The lowest BCUT2D eigenvalue weighted by Gasteiger charge is -2.50. The smallest absolute Gasteiger partial charge is 0.410 e. The molecule has 3 heterocycles. The van der Waals surface area contributed by atoms with Crippen LogP contribution in [0.2, 0.25) is 0 Å². The molecular formula is C13H21N3O4. The molecule has 3 N–H and O–H groups in total.